The highest BCUT2D eigenvalue weighted by Crippen LogP contribution is 2.41. The van der Waals surface area contributed by atoms with Crippen LogP contribution >= 0.6 is 0 Å². The summed E-state index contributed by atoms with van der Waals surface area (Å²) in [5.74, 6) is 1.59. The molecule has 20 heavy (non-hydrogen) atoms. The lowest BCUT2D eigenvalue weighted by molar-refractivity contribution is -0.123. The monoisotopic (exact) mass is 274 g/mol. The molecule has 1 saturated heterocycles. The first-order valence-corrected chi connectivity index (χ1v) is 7.45. The van der Waals surface area contributed by atoms with Crippen molar-refractivity contribution in [1.29, 1.82) is 0 Å². The Morgan fingerprint density at radius 1 is 1.30 bits per heavy atom. The zero-order valence-electron chi connectivity index (χ0n) is 11.9. The van der Waals surface area contributed by atoms with Gasteiger partial charge in [0.05, 0.1) is 19.2 Å². The molecule has 1 saturated carbocycles. The van der Waals surface area contributed by atoms with E-state index in [1.54, 1.807) is 7.11 Å². The van der Waals surface area contributed by atoms with Crippen molar-refractivity contribution in [1.82, 2.24) is 10.6 Å². The van der Waals surface area contributed by atoms with E-state index in [2.05, 4.69) is 22.8 Å². The molecule has 1 aliphatic carbocycles. The van der Waals surface area contributed by atoms with Crippen molar-refractivity contribution in [2.45, 2.75) is 37.8 Å². The molecule has 1 amide bonds. The molecular formula is C16H22N2O2. The van der Waals surface area contributed by atoms with Gasteiger partial charge in [-0.25, -0.2) is 0 Å². The molecule has 108 valence electrons. The van der Waals surface area contributed by atoms with Crippen LogP contribution in [-0.4, -0.2) is 25.6 Å². The Morgan fingerprint density at radius 2 is 2.05 bits per heavy atom. The number of methoxy groups -OCH3 is 1. The molecule has 1 aliphatic heterocycles. The van der Waals surface area contributed by atoms with Crippen LogP contribution in [0.5, 0.6) is 5.75 Å². The molecule has 3 rings (SSSR count). The molecule has 0 radical (unpaired) electrons. The van der Waals surface area contributed by atoms with E-state index in [-0.39, 0.29) is 18.0 Å². The zero-order valence-corrected chi connectivity index (χ0v) is 11.9. The predicted molar refractivity (Wildman–Crippen MR) is 77.6 cm³/mol. The van der Waals surface area contributed by atoms with Gasteiger partial charge in [0, 0.05) is 0 Å². The first-order chi connectivity index (χ1) is 9.78. The van der Waals surface area contributed by atoms with E-state index in [9.17, 15) is 4.79 Å². The molecule has 2 fully saturated rings. The van der Waals surface area contributed by atoms with Gasteiger partial charge in [0.1, 0.15) is 5.75 Å². The maximum absolute atomic E-state index is 12.3. The van der Waals surface area contributed by atoms with Gasteiger partial charge in [-0.2, -0.15) is 0 Å². The van der Waals surface area contributed by atoms with E-state index >= 15 is 0 Å². The Hall–Kier alpha value is -1.55. The third-order valence-corrected chi connectivity index (χ3v) is 4.24. The van der Waals surface area contributed by atoms with Crippen molar-refractivity contribution in [3.05, 3.63) is 29.8 Å². The molecule has 4 nitrogen and oxygen atoms in total. The molecule has 2 N–H and O–H groups in total. The van der Waals surface area contributed by atoms with Crippen molar-refractivity contribution in [3.63, 3.8) is 0 Å². The third kappa shape index (κ3) is 2.96. The number of hydrogen-bond donors (Lipinski definition) is 2. The first-order valence-electron chi connectivity index (χ1n) is 7.45. The molecule has 2 atom stereocenters. The van der Waals surface area contributed by atoms with Crippen molar-refractivity contribution in [2.75, 3.05) is 13.7 Å². The Kier molecular flexibility index (Phi) is 3.92. The van der Waals surface area contributed by atoms with E-state index in [0.717, 1.165) is 25.1 Å². The summed E-state index contributed by atoms with van der Waals surface area (Å²) in [5.41, 5.74) is 1.18. The highest BCUT2D eigenvalue weighted by molar-refractivity contribution is 5.82. The zero-order chi connectivity index (χ0) is 13.9. The summed E-state index contributed by atoms with van der Waals surface area (Å²) in [4.78, 5) is 12.3. The average Bonchev–Trinajstić information content (AvgIpc) is 3.17. The van der Waals surface area contributed by atoms with E-state index < -0.39 is 0 Å². The number of rotatable bonds is 5. The minimum absolute atomic E-state index is 0.00509. The van der Waals surface area contributed by atoms with Gasteiger partial charge in [0.2, 0.25) is 5.91 Å². The number of carbonyl (C=O) groups excluding carboxylic acids is 1. The average molecular weight is 274 g/mol. The number of hydrogen-bond acceptors (Lipinski definition) is 3. The lowest BCUT2D eigenvalue weighted by Crippen LogP contribution is -2.42. The normalized spacial score (nSPS) is 23.4. The molecule has 4 heteroatoms. The van der Waals surface area contributed by atoms with E-state index in [1.807, 2.05) is 12.1 Å². The van der Waals surface area contributed by atoms with Crippen LogP contribution in [0.2, 0.25) is 0 Å². The Morgan fingerprint density at radius 3 is 2.60 bits per heavy atom. The number of amides is 1. The minimum atomic E-state index is -0.00509. The highest BCUT2D eigenvalue weighted by atomic mass is 16.5. The van der Waals surface area contributed by atoms with Crippen LogP contribution in [0.1, 0.15) is 37.3 Å². The van der Waals surface area contributed by atoms with Crippen LogP contribution in [0.3, 0.4) is 0 Å². The lowest BCUT2D eigenvalue weighted by Gasteiger charge is -2.21. The number of carbonyl (C=O) groups is 1. The summed E-state index contributed by atoms with van der Waals surface area (Å²) in [5, 5.41) is 6.49. The second-order valence-electron chi connectivity index (χ2n) is 5.75. The van der Waals surface area contributed by atoms with Crippen LogP contribution in [0.25, 0.3) is 0 Å². The van der Waals surface area contributed by atoms with Crippen molar-refractivity contribution in [3.8, 4) is 5.75 Å². The topological polar surface area (TPSA) is 50.4 Å². The van der Waals surface area contributed by atoms with Gasteiger partial charge in [-0.05, 0) is 55.8 Å². The summed E-state index contributed by atoms with van der Waals surface area (Å²) >= 11 is 0. The van der Waals surface area contributed by atoms with Crippen LogP contribution in [0.15, 0.2) is 24.3 Å². The van der Waals surface area contributed by atoms with Gasteiger partial charge >= 0.3 is 0 Å². The predicted octanol–water partition coefficient (Wildman–Crippen LogP) is 2.01. The van der Waals surface area contributed by atoms with Gasteiger partial charge in [0.15, 0.2) is 0 Å². The number of ether oxygens (including phenoxy) is 1. The van der Waals surface area contributed by atoms with Gasteiger partial charge in [0.25, 0.3) is 0 Å². The Bertz CT molecular complexity index is 462. The maximum atomic E-state index is 12.3. The molecule has 0 spiro atoms. The Balaban J connectivity index is 1.69. The summed E-state index contributed by atoms with van der Waals surface area (Å²) in [6.07, 6.45) is 4.45. The van der Waals surface area contributed by atoms with Crippen molar-refractivity contribution in [2.24, 2.45) is 5.92 Å². The number of nitrogens with one attached hydrogen (secondary N) is 2. The van der Waals surface area contributed by atoms with Gasteiger partial charge in [-0.1, -0.05) is 12.1 Å². The summed E-state index contributed by atoms with van der Waals surface area (Å²) in [7, 11) is 1.67. The van der Waals surface area contributed by atoms with Gasteiger partial charge in [-0.3, -0.25) is 4.79 Å². The van der Waals surface area contributed by atoms with Crippen molar-refractivity contribution < 1.29 is 9.53 Å². The molecule has 0 bridgehead atoms. The summed E-state index contributed by atoms with van der Waals surface area (Å²) in [6.45, 7) is 0.953. The van der Waals surface area contributed by atoms with Crippen LogP contribution in [0, 0.1) is 5.92 Å². The lowest BCUT2D eigenvalue weighted by atomic mass is 10.0. The highest BCUT2D eigenvalue weighted by Gasteiger charge is 2.35. The summed E-state index contributed by atoms with van der Waals surface area (Å²) in [6, 6.07) is 8.19. The molecular weight excluding hydrogens is 252 g/mol. The Labute approximate surface area is 119 Å². The molecule has 2 unspecified atom stereocenters. The van der Waals surface area contributed by atoms with Crippen LogP contribution in [-0.2, 0) is 4.79 Å². The fraction of sp³-hybridized carbons (Fsp3) is 0.562. The van der Waals surface area contributed by atoms with Crippen molar-refractivity contribution >= 4 is 5.91 Å². The van der Waals surface area contributed by atoms with E-state index in [0.29, 0.717) is 5.92 Å². The SMILES string of the molecule is COc1ccc(C(NC(=O)C2CCCN2)C2CC2)cc1. The van der Waals surface area contributed by atoms with Crippen LogP contribution < -0.4 is 15.4 Å². The standard InChI is InChI=1S/C16H22N2O2/c1-20-13-8-6-12(7-9-13)15(11-4-5-11)18-16(19)14-3-2-10-17-14/h6-9,11,14-15,17H,2-5,10H2,1H3,(H,18,19). The maximum Gasteiger partial charge on any atom is 0.237 e. The second kappa shape index (κ2) is 5.83. The molecule has 1 aromatic carbocycles. The fourth-order valence-corrected chi connectivity index (χ4v) is 2.88. The smallest absolute Gasteiger partial charge is 0.237 e. The largest absolute Gasteiger partial charge is 0.497 e. The molecule has 1 aromatic rings. The molecule has 0 aromatic heterocycles. The van der Waals surface area contributed by atoms with Crippen LogP contribution in [0.4, 0.5) is 0 Å². The van der Waals surface area contributed by atoms with E-state index in [1.165, 1.54) is 18.4 Å². The quantitative estimate of drug-likeness (QED) is 0.863. The first kappa shape index (κ1) is 13.4. The second-order valence-corrected chi connectivity index (χ2v) is 5.75. The third-order valence-electron chi connectivity index (χ3n) is 4.24. The van der Waals surface area contributed by atoms with Gasteiger partial charge < -0.3 is 15.4 Å². The van der Waals surface area contributed by atoms with E-state index in [4.69, 9.17) is 4.74 Å². The molecule has 1 heterocycles. The fourth-order valence-electron chi connectivity index (χ4n) is 2.88. The number of benzene rings is 1. The molecule has 2 aliphatic rings. The minimum Gasteiger partial charge on any atom is -0.497 e. The summed E-state index contributed by atoms with van der Waals surface area (Å²) < 4.78 is 5.19. The van der Waals surface area contributed by atoms with Gasteiger partial charge in [-0.15, -0.1) is 0 Å².